The highest BCUT2D eigenvalue weighted by Gasteiger charge is 2.22. The van der Waals surface area contributed by atoms with Gasteiger partial charge in [-0.1, -0.05) is 0 Å². The summed E-state index contributed by atoms with van der Waals surface area (Å²) in [6, 6.07) is 7.01. The third kappa shape index (κ3) is 3.35. The molecule has 0 aliphatic carbocycles. The summed E-state index contributed by atoms with van der Waals surface area (Å²) >= 11 is 1.78. The summed E-state index contributed by atoms with van der Waals surface area (Å²) in [7, 11) is 0. The molecule has 1 atom stereocenters. The molecular formula is C14H18FN3S. The van der Waals surface area contributed by atoms with Gasteiger partial charge in [0.1, 0.15) is 5.82 Å². The first-order valence-electron chi connectivity index (χ1n) is 6.71. The van der Waals surface area contributed by atoms with Crippen LogP contribution in [0.2, 0.25) is 0 Å². The lowest BCUT2D eigenvalue weighted by Gasteiger charge is -2.28. The highest BCUT2D eigenvalue weighted by molar-refractivity contribution is 8.14. The number of hydrogen-bond acceptors (Lipinski definition) is 4. The van der Waals surface area contributed by atoms with Crippen molar-refractivity contribution in [3.63, 3.8) is 0 Å². The van der Waals surface area contributed by atoms with Crippen molar-refractivity contribution in [1.29, 1.82) is 0 Å². The number of rotatable bonds is 3. The van der Waals surface area contributed by atoms with E-state index in [2.05, 4.69) is 10.2 Å². The molecule has 0 saturated carbocycles. The zero-order chi connectivity index (χ0) is 13.1. The Kier molecular flexibility index (Phi) is 4.15. The van der Waals surface area contributed by atoms with E-state index in [1.54, 1.807) is 11.8 Å². The fourth-order valence-electron chi connectivity index (χ4n) is 2.45. The molecule has 2 aliphatic heterocycles. The Morgan fingerprint density at radius 3 is 2.74 bits per heavy atom. The number of halogens is 1. The lowest BCUT2D eigenvalue weighted by molar-refractivity contribution is 0.233. The molecule has 3 nitrogen and oxygen atoms in total. The van der Waals surface area contributed by atoms with Gasteiger partial charge in [0.15, 0.2) is 0 Å². The van der Waals surface area contributed by atoms with Crippen LogP contribution < -0.4 is 5.32 Å². The average molecular weight is 279 g/mol. The highest BCUT2D eigenvalue weighted by Crippen LogP contribution is 2.24. The summed E-state index contributed by atoms with van der Waals surface area (Å²) < 4.78 is 12.9. The quantitative estimate of drug-likeness (QED) is 0.910. The van der Waals surface area contributed by atoms with Crippen molar-refractivity contribution in [3.05, 3.63) is 35.6 Å². The molecule has 3 rings (SSSR count). The first kappa shape index (κ1) is 13.1. The van der Waals surface area contributed by atoms with Crippen molar-refractivity contribution in [2.24, 2.45) is 4.99 Å². The van der Waals surface area contributed by atoms with Crippen LogP contribution in [0.5, 0.6) is 0 Å². The van der Waals surface area contributed by atoms with Crippen molar-refractivity contribution in [3.8, 4) is 0 Å². The van der Waals surface area contributed by atoms with E-state index >= 15 is 0 Å². The number of thioether (sulfide) groups is 1. The van der Waals surface area contributed by atoms with Gasteiger partial charge in [-0.2, -0.15) is 0 Å². The van der Waals surface area contributed by atoms with Gasteiger partial charge in [-0.05, 0) is 24.3 Å². The van der Waals surface area contributed by atoms with E-state index in [1.807, 2.05) is 12.1 Å². The van der Waals surface area contributed by atoms with Gasteiger partial charge in [0.05, 0.1) is 11.1 Å². The van der Waals surface area contributed by atoms with Crippen molar-refractivity contribution in [2.75, 3.05) is 38.5 Å². The van der Waals surface area contributed by atoms with E-state index < -0.39 is 0 Å². The lowest BCUT2D eigenvalue weighted by Crippen LogP contribution is -2.46. The number of aliphatic imine (C=N–C) groups is 1. The second-order valence-electron chi connectivity index (χ2n) is 4.96. The van der Waals surface area contributed by atoms with Crippen LogP contribution in [-0.2, 0) is 0 Å². The zero-order valence-corrected chi connectivity index (χ0v) is 11.6. The first-order chi connectivity index (χ1) is 9.31. The first-order valence-corrected chi connectivity index (χ1v) is 7.69. The molecule has 1 fully saturated rings. The Bertz CT molecular complexity index is 454. The van der Waals surface area contributed by atoms with Crippen LogP contribution in [-0.4, -0.2) is 54.5 Å². The predicted molar refractivity (Wildman–Crippen MR) is 78.5 cm³/mol. The maximum atomic E-state index is 12.9. The minimum absolute atomic E-state index is 0.190. The second-order valence-corrected chi connectivity index (χ2v) is 5.97. The van der Waals surface area contributed by atoms with Crippen molar-refractivity contribution < 1.29 is 4.39 Å². The summed E-state index contributed by atoms with van der Waals surface area (Å²) in [5.41, 5.74) is 1.04. The zero-order valence-electron chi connectivity index (χ0n) is 10.8. The monoisotopic (exact) mass is 279 g/mol. The van der Waals surface area contributed by atoms with Crippen LogP contribution in [0, 0.1) is 5.82 Å². The Balaban J connectivity index is 1.62. The molecule has 0 aromatic heterocycles. The fraction of sp³-hybridized carbons (Fsp3) is 0.500. The number of nitrogens with zero attached hydrogens (tertiary/aromatic N) is 2. The second kappa shape index (κ2) is 6.03. The summed E-state index contributed by atoms with van der Waals surface area (Å²) in [5, 5.41) is 4.42. The number of benzene rings is 1. The van der Waals surface area contributed by atoms with Crippen LogP contribution in [0.1, 0.15) is 5.56 Å². The van der Waals surface area contributed by atoms with E-state index in [-0.39, 0.29) is 5.82 Å². The SMILES string of the molecule is Fc1ccc(C2=NC(CN3CCNCC3)CS2)cc1. The van der Waals surface area contributed by atoms with E-state index in [0.29, 0.717) is 6.04 Å². The maximum Gasteiger partial charge on any atom is 0.123 e. The molecule has 0 bridgehead atoms. The lowest BCUT2D eigenvalue weighted by atomic mass is 10.2. The van der Waals surface area contributed by atoms with Crippen LogP contribution in [0.4, 0.5) is 4.39 Å². The van der Waals surface area contributed by atoms with Crippen molar-refractivity contribution in [1.82, 2.24) is 10.2 Å². The molecule has 102 valence electrons. The van der Waals surface area contributed by atoms with E-state index in [0.717, 1.165) is 49.1 Å². The number of hydrogen-bond donors (Lipinski definition) is 1. The highest BCUT2D eigenvalue weighted by atomic mass is 32.2. The van der Waals surface area contributed by atoms with E-state index in [9.17, 15) is 4.39 Å². The smallest absolute Gasteiger partial charge is 0.123 e. The predicted octanol–water partition coefficient (Wildman–Crippen LogP) is 1.59. The molecule has 0 spiro atoms. The van der Waals surface area contributed by atoms with Gasteiger partial charge in [0.2, 0.25) is 0 Å². The molecule has 2 aliphatic rings. The normalized spacial score (nSPS) is 24.5. The molecular weight excluding hydrogens is 261 g/mol. The van der Waals surface area contributed by atoms with Crippen molar-refractivity contribution >= 4 is 16.8 Å². The average Bonchev–Trinajstić information content (AvgIpc) is 2.89. The Hall–Kier alpha value is -0.910. The summed E-state index contributed by atoms with van der Waals surface area (Å²) in [4.78, 5) is 7.25. The molecule has 2 heterocycles. The third-order valence-corrected chi connectivity index (χ3v) is 4.65. The van der Waals surface area contributed by atoms with Crippen LogP contribution >= 0.6 is 11.8 Å². The molecule has 1 saturated heterocycles. The largest absolute Gasteiger partial charge is 0.314 e. The fourth-order valence-corrected chi connectivity index (χ4v) is 3.51. The molecule has 1 aromatic rings. The minimum Gasteiger partial charge on any atom is -0.314 e. The van der Waals surface area contributed by atoms with Gasteiger partial charge in [0.25, 0.3) is 0 Å². The van der Waals surface area contributed by atoms with Crippen molar-refractivity contribution in [2.45, 2.75) is 6.04 Å². The van der Waals surface area contributed by atoms with Gasteiger partial charge >= 0.3 is 0 Å². The summed E-state index contributed by atoms with van der Waals surface area (Å²) in [6.45, 7) is 5.42. The molecule has 19 heavy (non-hydrogen) atoms. The molecule has 1 aromatic carbocycles. The van der Waals surface area contributed by atoms with Crippen LogP contribution in [0.15, 0.2) is 29.3 Å². The number of nitrogens with one attached hydrogen (secondary N) is 1. The molecule has 0 radical (unpaired) electrons. The topological polar surface area (TPSA) is 27.6 Å². The third-order valence-electron chi connectivity index (χ3n) is 3.48. The van der Waals surface area contributed by atoms with E-state index in [1.165, 1.54) is 12.1 Å². The maximum absolute atomic E-state index is 12.9. The van der Waals surface area contributed by atoms with Gasteiger partial charge < -0.3 is 5.32 Å². The molecule has 0 amide bonds. The van der Waals surface area contributed by atoms with Gasteiger partial charge in [0, 0.05) is 44.0 Å². The van der Waals surface area contributed by atoms with Gasteiger partial charge in [-0.3, -0.25) is 9.89 Å². The Morgan fingerprint density at radius 1 is 1.26 bits per heavy atom. The van der Waals surface area contributed by atoms with Crippen LogP contribution in [0.25, 0.3) is 0 Å². The number of piperazine rings is 1. The minimum atomic E-state index is -0.190. The van der Waals surface area contributed by atoms with E-state index in [4.69, 9.17) is 4.99 Å². The summed E-state index contributed by atoms with van der Waals surface area (Å²) in [5.74, 6) is 0.848. The Labute approximate surface area is 117 Å². The van der Waals surface area contributed by atoms with Gasteiger partial charge in [-0.25, -0.2) is 4.39 Å². The van der Waals surface area contributed by atoms with Crippen LogP contribution in [0.3, 0.4) is 0 Å². The molecule has 1 N–H and O–H groups in total. The Morgan fingerprint density at radius 2 is 2.00 bits per heavy atom. The van der Waals surface area contributed by atoms with Gasteiger partial charge in [-0.15, -0.1) is 11.8 Å². The summed E-state index contributed by atoms with van der Waals surface area (Å²) in [6.07, 6.45) is 0. The molecule has 1 unspecified atom stereocenters. The standard InChI is InChI=1S/C14H18FN3S/c15-12-3-1-11(2-4-12)14-17-13(10-19-14)9-18-7-5-16-6-8-18/h1-4,13,16H,5-10H2. The molecule has 5 heteroatoms.